The number of nitrogens with one attached hydrogen (secondary N) is 1. The molecular weight excluding hydrogens is 212 g/mol. The van der Waals surface area contributed by atoms with Gasteiger partial charge in [0.25, 0.3) is 0 Å². The molecule has 0 aromatic carbocycles. The molecule has 0 spiro atoms. The lowest BCUT2D eigenvalue weighted by Crippen LogP contribution is -2.03. The van der Waals surface area contributed by atoms with Gasteiger partial charge in [-0.15, -0.1) is 0 Å². The Labute approximate surface area is 92.6 Å². The summed E-state index contributed by atoms with van der Waals surface area (Å²) in [6, 6.07) is 3.57. The zero-order valence-corrected chi connectivity index (χ0v) is 9.07. The number of likely N-dealkylation sites (N-methyl/N-ethyl adjacent to an activating group) is 1. The molecule has 2 aromatic heterocycles. The average Bonchev–Trinajstić information content (AvgIpc) is 2.62. The third-order valence-corrected chi connectivity index (χ3v) is 2.17. The summed E-state index contributed by atoms with van der Waals surface area (Å²) in [7, 11) is 1.90. The van der Waals surface area contributed by atoms with Crippen LogP contribution < -0.4 is 5.32 Å². The minimum atomic E-state index is 0.462. The number of aromatic nitrogens is 3. The second-order valence-corrected chi connectivity index (χ2v) is 3.46. The number of rotatable bonds is 3. The molecule has 0 aliphatic carbocycles. The highest BCUT2D eigenvalue weighted by Crippen LogP contribution is 2.10. The van der Waals surface area contributed by atoms with Crippen LogP contribution in [0.25, 0.3) is 11.7 Å². The van der Waals surface area contributed by atoms with Crippen molar-refractivity contribution in [1.29, 1.82) is 0 Å². The Hall–Kier alpha value is -1.39. The molecule has 0 saturated carbocycles. The largest absolute Gasteiger partial charge is 0.316 e. The van der Waals surface area contributed by atoms with Crippen LogP contribution >= 0.6 is 11.6 Å². The number of hydrogen-bond donors (Lipinski definition) is 1. The van der Waals surface area contributed by atoms with E-state index < -0.39 is 0 Å². The van der Waals surface area contributed by atoms with Crippen LogP contribution in [0.3, 0.4) is 0 Å². The van der Waals surface area contributed by atoms with Crippen LogP contribution in [0.2, 0.25) is 5.15 Å². The molecule has 5 heteroatoms. The molecule has 15 heavy (non-hydrogen) atoms. The summed E-state index contributed by atoms with van der Waals surface area (Å²) in [5.41, 5.74) is 1.71. The Morgan fingerprint density at radius 2 is 2.40 bits per heavy atom. The van der Waals surface area contributed by atoms with Gasteiger partial charge in [-0.1, -0.05) is 17.7 Å². The van der Waals surface area contributed by atoms with Gasteiger partial charge in [0.1, 0.15) is 5.15 Å². The van der Waals surface area contributed by atoms with E-state index in [1.165, 1.54) is 0 Å². The van der Waals surface area contributed by atoms with Crippen molar-refractivity contribution in [1.82, 2.24) is 19.9 Å². The van der Waals surface area contributed by atoms with Gasteiger partial charge in [-0.3, -0.25) is 0 Å². The molecule has 2 heterocycles. The fourth-order valence-corrected chi connectivity index (χ4v) is 1.42. The molecule has 0 atom stereocenters. The van der Waals surface area contributed by atoms with Crippen LogP contribution in [0.15, 0.2) is 24.4 Å². The van der Waals surface area contributed by atoms with E-state index in [4.69, 9.17) is 11.6 Å². The minimum Gasteiger partial charge on any atom is -0.316 e. The van der Waals surface area contributed by atoms with Gasteiger partial charge in [-0.25, -0.2) is 9.50 Å². The Balaban J connectivity index is 2.39. The van der Waals surface area contributed by atoms with Gasteiger partial charge in [0.05, 0.1) is 11.9 Å². The summed E-state index contributed by atoms with van der Waals surface area (Å²) in [6.45, 7) is 0.813. The van der Waals surface area contributed by atoms with E-state index in [1.807, 2.05) is 25.3 Å². The Morgan fingerprint density at radius 1 is 1.53 bits per heavy atom. The molecule has 4 nitrogen and oxygen atoms in total. The predicted molar refractivity (Wildman–Crippen MR) is 61.0 cm³/mol. The molecule has 0 saturated heterocycles. The van der Waals surface area contributed by atoms with Crippen molar-refractivity contribution in [3.63, 3.8) is 0 Å². The summed E-state index contributed by atoms with van der Waals surface area (Å²) >= 11 is 5.81. The van der Waals surface area contributed by atoms with Gasteiger partial charge >= 0.3 is 0 Å². The first-order chi connectivity index (χ1) is 7.31. The minimum absolute atomic E-state index is 0.462. The van der Waals surface area contributed by atoms with Crippen molar-refractivity contribution >= 4 is 23.3 Å². The average molecular weight is 223 g/mol. The number of imidazole rings is 1. The van der Waals surface area contributed by atoms with Crippen LogP contribution in [0, 0.1) is 0 Å². The van der Waals surface area contributed by atoms with Crippen LogP contribution in [0.1, 0.15) is 5.69 Å². The maximum Gasteiger partial charge on any atom is 0.154 e. The summed E-state index contributed by atoms with van der Waals surface area (Å²) in [6.07, 6.45) is 5.73. The van der Waals surface area contributed by atoms with Crippen molar-refractivity contribution in [2.75, 3.05) is 13.6 Å². The van der Waals surface area contributed by atoms with Gasteiger partial charge in [0.15, 0.2) is 5.65 Å². The first-order valence-electron chi connectivity index (χ1n) is 4.62. The molecule has 0 unspecified atom stereocenters. The normalized spacial score (nSPS) is 11.6. The van der Waals surface area contributed by atoms with E-state index in [0.717, 1.165) is 17.9 Å². The monoisotopic (exact) mass is 222 g/mol. The van der Waals surface area contributed by atoms with Crippen molar-refractivity contribution < 1.29 is 0 Å². The summed E-state index contributed by atoms with van der Waals surface area (Å²) in [5, 5.41) is 7.65. The Kier molecular flexibility index (Phi) is 2.99. The summed E-state index contributed by atoms with van der Waals surface area (Å²) in [5.74, 6) is 0. The zero-order chi connectivity index (χ0) is 10.7. The van der Waals surface area contributed by atoms with Gasteiger partial charge in [0, 0.05) is 6.54 Å². The Morgan fingerprint density at radius 3 is 3.20 bits per heavy atom. The van der Waals surface area contributed by atoms with E-state index in [9.17, 15) is 0 Å². The molecule has 2 aromatic rings. The van der Waals surface area contributed by atoms with E-state index in [-0.39, 0.29) is 0 Å². The lowest BCUT2D eigenvalue weighted by Gasteiger charge is -1.95. The third kappa shape index (κ3) is 2.16. The van der Waals surface area contributed by atoms with E-state index >= 15 is 0 Å². The molecule has 0 bridgehead atoms. The van der Waals surface area contributed by atoms with E-state index in [2.05, 4.69) is 15.4 Å². The fraction of sp³-hybridized carbons (Fsp3) is 0.200. The number of nitrogens with zero attached hydrogens (tertiary/aromatic N) is 3. The van der Waals surface area contributed by atoms with Crippen molar-refractivity contribution in [3.8, 4) is 0 Å². The van der Waals surface area contributed by atoms with Crippen LogP contribution in [-0.4, -0.2) is 28.2 Å². The zero-order valence-electron chi connectivity index (χ0n) is 8.31. The summed E-state index contributed by atoms with van der Waals surface area (Å²) < 4.78 is 1.72. The highest BCUT2D eigenvalue weighted by atomic mass is 35.5. The molecule has 1 N–H and O–H groups in total. The summed E-state index contributed by atoms with van der Waals surface area (Å²) in [4.78, 5) is 4.21. The molecule has 78 valence electrons. The molecule has 2 rings (SSSR count). The van der Waals surface area contributed by atoms with Crippen LogP contribution in [0.4, 0.5) is 0 Å². The van der Waals surface area contributed by atoms with Crippen molar-refractivity contribution in [2.24, 2.45) is 0 Å². The second-order valence-electron chi connectivity index (χ2n) is 3.07. The first kappa shape index (κ1) is 10.1. The number of fused-ring (bicyclic) bond motifs is 1. The first-order valence-corrected chi connectivity index (χ1v) is 5.00. The maximum absolute atomic E-state index is 5.81. The van der Waals surface area contributed by atoms with Crippen molar-refractivity contribution in [2.45, 2.75) is 0 Å². The van der Waals surface area contributed by atoms with E-state index in [1.54, 1.807) is 16.8 Å². The van der Waals surface area contributed by atoms with E-state index in [0.29, 0.717) is 5.15 Å². The van der Waals surface area contributed by atoms with Gasteiger partial charge in [-0.05, 0) is 25.3 Å². The SMILES string of the molecule is CNCC=Cc1cnc2ccc(Cl)nn12. The standard InChI is InChI=1S/C10H11ClN4/c1-12-6-2-3-8-7-13-10-5-4-9(11)14-15(8)10/h2-5,7,12H,6H2,1H3. The van der Waals surface area contributed by atoms with Crippen molar-refractivity contribution in [3.05, 3.63) is 35.3 Å². The third-order valence-electron chi connectivity index (χ3n) is 1.97. The molecule has 0 aliphatic heterocycles. The molecule has 0 amide bonds. The van der Waals surface area contributed by atoms with Gasteiger partial charge < -0.3 is 5.32 Å². The number of halogens is 1. The second kappa shape index (κ2) is 4.42. The van der Waals surface area contributed by atoms with Gasteiger partial charge in [0.2, 0.25) is 0 Å². The molecule has 0 aliphatic rings. The molecular formula is C10H11ClN4. The molecule has 0 fully saturated rings. The topological polar surface area (TPSA) is 42.2 Å². The lowest BCUT2D eigenvalue weighted by atomic mass is 10.4. The number of hydrogen-bond acceptors (Lipinski definition) is 3. The Bertz CT molecular complexity index is 489. The van der Waals surface area contributed by atoms with Gasteiger partial charge in [-0.2, -0.15) is 5.10 Å². The molecule has 0 radical (unpaired) electrons. The fourth-order valence-electron chi connectivity index (χ4n) is 1.28. The van der Waals surface area contributed by atoms with Crippen LogP contribution in [0.5, 0.6) is 0 Å². The highest BCUT2D eigenvalue weighted by molar-refractivity contribution is 6.29. The smallest absolute Gasteiger partial charge is 0.154 e. The highest BCUT2D eigenvalue weighted by Gasteiger charge is 2.01. The van der Waals surface area contributed by atoms with Crippen LogP contribution in [-0.2, 0) is 0 Å². The predicted octanol–water partition coefficient (Wildman–Crippen LogP) is 1.62. The maximum atomic E-state index is 5.81. The quantitative estimate of drug-likeness (QED) is 0.858. The lowest BCUT2D eigenvalue weighted by molar-refractivity contribution is 0.913.